The second kappa shape index (κ2) is 7.50. The Kier molecular flexibility index (Phi) is 4.75. The lowest BCUT2D eigenvalue weighted by Gasteiger charge is -2.43. The van der Waals surface area contributed by atoms with Crippen LogP contribution in [-0.2, 0) is 4.79 Å². The number of amides is 1. The molecular formula is C25H21N5OS. The summed E-state index contributed by atoms with van der Waals surface area (Å²) in [5.41, 5.74) is 5.14. The average Bonchev–Trinajstić information content (AvgIpc) is 3.00. The highest BCUT2D eigenvalue weighted by atomic mass is 32.1. The molecule has 7 heteroatoms. The number of nitriles is 1. The highest BCUT2D eigenvalue weighted by Gasteiger charge is 2.59. The highest BCUT2D eigenvalue weighted by Crippen LogP contribution is 2.48. The first-order valence-electron chi connectivity index (χ1n) is 10.5. The van der Waals surface area contributed by atoms with Gasteiger partial charge in [0.2, 0.25) is 0 Å². The first kappa shape index (κ1) is 20.3. The topological polar surface area (TPSA) is 73.1 Å². The van der Waals surface area contributed by atoms with Crippen LogP contribution in [0.5, 0.6) is 0 Å². The van der Waals surface area contributed by atoms with Gasteiger partial charge < -0.3 is 4.90 Å². The molecule has 1 aliphatic heterocycles. The zero-order valence-electron chi connectivity index (χ0n) is 17.9. The van der Waals surface area contributed by atoms with E-state index in [9.17, 15) is 10.1 Å². The van der Waals surface area contributed by atoms with E-state index >= 15 is 0 Å². The average molecular weight is 440 g/mol. The smallest absolute Gasteiger partial charge is 0.259 e. The summed E-state index contributed by atoms with van der Waals surface area (Å²) in [4.78, 5) is 25.7. The molecule has 0 bridgehead atoms. The SMILES string of the molecule is Cc1cncc(-c2ccc(N3C(=S)N(c4cnc(C#N)c(C)c4)C(=O)C34CCC4)cc2)c1. The number of aryl methyl sites for hydroxylation is 2. The summed E-state index contributed by atoms with van der Waals surface area (Å²) in [5, 5.41) is 9.64. The lowest BCUT2D eigenvalue weighted by atomic mass is 9.75. The fraction of sp³-hybridized carbons (Fsp3) is 0.240. The van der Waals surface area contributed by atoms with Crippen molar-refractivity contribution in [2.24, 2.45) is 0 Å². The van der Waals surface area contributed by atoms with E-state index in [1.165, 1.54) is 0 Å². The van der Waals surface area contributed by atoms with Crippen LogP contribution in [0.4, 0.5) is 11.4 Å². The highest BCUT2D eigenvalue weighted by molar-refractivity contribution is 7.81. The third-order valence-corrected chi connectivity index (χ3v) is 6.72. The van der Waals surface area contributed by atoms with Crippen LogP contribution in [0.1, 0.15) is 36.1 Å². The van der Waals surface area contributed by atoms with Gasteiger partial charge in [-0.05, 0) is 86.3 Å². The molecule has 5 rings (SSSR count). The Morgan fingerprint density at radius 3 is 2.38 bits per heavy atom. The minimum atomic E-state index is -0.648. The van der Waals surface area contributed by atoms with Crippen molar-refractivity contribution in [1.82, 2.24) is 9.97 Å². The van der Waals surface area contributed by atoms with Crippen molar-refractivity contribution in [3.63, 3.8) is 0 Å². The molecule has 0 atom stereocenters. The Morgan fingerprint density at radius 2 is 1.78 bits per heavy atom. The molecule has 0 radical (unpaired) electrons. The van der Waals surface area contributed by atoms with E-state index in [0.29, 0.717) is 16.5 Å². The molecule has 6 nitrogen and oxygen atoms in total. The van der Waals surface area contributed by atoms with E-state index in [0.717, 1.165) is 47.2 Å². The molecule has 1 saturated heterocycles. The van der Waals surface area contributed by atoms with Gasteiger partial charge in [-0.1, -0.05) is 12.1 Å². The van der Waals surface area contributed by atoms with Gasteiger partial charge >= 0.3 is 0 Å². The van der Waals surface area contributed by atoms with Crippen LogP contribution in [0, 0.1) is 25.2 Å². The largest absolute Gasteiger partial charge is 0.303 e. The molecule has 3 aromatic rings. The molecule has 2 fully saturated rings. The second-order valence-electron chi connectivity index (χ2n) is 8.41. The maximum absolute atomic E-state index is 13.6. The number of carbonyl (C=O) groups is 1. The van der Waals surface area contributed by atoms with Crippen molar-refractivity contribution in [2.45, 2.75) is 38.6 Å². The van der Waals surface area contributed by atoms with E-state index in [4.69, 9.17) is 12.2 Å². The zero-order chi connectivity index (χ0) is 22.5. The predicted molar refractivity (Wildman–Crippen MR) is 127 cm³/mol. The number of aromatic nitrogens is 2. The number of benzene rings is 1. The number of hydrogen-bond donors (Lipinski definition) is 0. The van der Waals surface area contributed by atoms with Gasteiger partial charge in [0.25, 0.3) is 5.91 Å². The van der Waals surface area contributed by atoms with E-state index in [1.54, 1.807) is 17.2 Å². The molecule has 0 N–H and O–H groups in total. The van der Waals surface area contributed by atoms with Crippen LogP contribution in [-0.4, -0.2) is 26.5 Å². The van der Waals surface area contributed by atoms with E-state index in [2.05, 4.69) is 22.1 Å². The maximum atomic E-state index is 13.6. The molecule has 0 unspecified atom stereocenters. The quantitative estimate of drug-likeness (QED) is 0.551. The van der Waals surface area contributed by atoms with Crippen molar-refractivity contribution < 1.29 is 4.79 Å². The summed E-state index contributed by atoms with van der Waals surface area (Å²) in [6.07, 6.45) is 7.74. The summed E-state index contributed by atoms with van der Waals surface area (Å²) in [7, 11) is 0. The molecule has 158 valence electrons. The third kappa shape index (κ3) is 2.99. The normalized spacial score (nSPS) is 16.9. The number of anilines is 2. The van der Waals surface area contributed by atoms with Crippen LogP contribution in [0.25, 0.3) is 11.1 Å². The fourth-order valence-corrected chi connectivity index (χ4v) is 4.99. The Bertz CT molecular complexity index is 1290. The number of thiocarbonyl (C=S) groups is 1. The van der Waals surface area contributed by atoms with Gasteiger partial charge in [-0.3, -0.25) is 14.7 Å². The first-order valence-corrected chi connectivity index (χ1v) is 10.9. The lowest BCUT2D eigenvalue weighted by Crippen LogP contribution is -2.55. The second-order valence-corrected chi connectivity index (χ2v) is 8.78. The monoisotopic (exact) mass is 439 g/mol. The van der Waals surface area contributed by atoms with Crippen molar-refractivity contribution in [1.29, 1.82) is 5.26 Å². The van der Waals surface area contributed by atoms with E-state index < -0.39 is 5.54 Å². The van der Waals surface area contributed by atoms with E-state index in [1.807, 2.05) is 55.4 Å². The van der Waals surface area contributed by atoms with Crippen molar-refractivity contribution >= 4 is 34.6 Å². The van der Waals surface area contributed by atoms with Crippen molar-refractivity contribution in [3.05, 3.63) is 71.8 Å². The Labute approximate surface area is 192 Å². The lowest BCUT2D eigenvalue weighted by molar-refractivity contribution is -0.123. The number of carbonyl (C=O) groups excluding carboxylic acids is 1. The molecule has 2 aromatic heterocycles. The molecular weight excluding hydrogens is 418 g/mol. The number of pyridine rings is 2. The van der Waals surface area contributed by atoms with E-state index in [-0.39, 0.29) is 5.91 Å². The molecule has 1 aromatic carbocycles. The summed E-state index contributed by atoms with van der Waals surface area (Å²) < 4.78 is 0. The number of rotatable bonds is 3. The molecule has 1 amide bonds. The maximum Gasteiger partial charge on any atom is 0.259 e. The molecule has 1 aliphatic carbocycles. The molecule has 1 spiro atoms. The van der Waals surface area contributed by atoms with Gasteiger partial charge in [-0.2, -0.15) is 5.26 Å². The number of nitrogens with zero attached hydrogens (tertiary/aromatic N) is 5. The van der Waals surface area contributed by atoms with Gasteiger partial charge in [0.15, 0.2) is 5.11 Å². The molecule has 32 heavy (non-hydrogen) atoms. The van der Waals surface area contributed by atoms with Gasteiger partial charge in [0, 0.05) is 23.6 Å². The molecule has 2 aliphatic rings. The van der Waals surface area contributed by atoms with Gasteiger partial charge in [0.1, 0.15) is 17.3 Å². The predicted octanol–water partition coefficient (Wildman–Crippen LogP) is 4.69. The van der Waals surface area contributed by atoms with Crippen LogP contribution in [0.15, 0.2) is 55.0 Å². The number of hydrogen-bond acceptors (Lipinski definition) is 5. The Morgan fingerprint density at radius 1 is 1.03 bits per heavy atom. The zero-order valence-corrected chi connectivity index (χ0v) is 18.7. The third-order valence-electron chi connectivity index (χ3n) is 6.35. The van der Waals surface area contributed by atoms with Crippen LogP contribution in [0.2, 0.25) is 0 Å². The van der Waals surface area contributed by atoms with Crippen LogP contribution >= 0.6 is 12.2 Å². The van der Waals surface area contributed by atoms with Gasteiger partial charge in [-0.25, -0.2) is 4.98 Å². The summed E-state index contributed by atoms with van der Waals surface area (Å²) in [5.74, 6) is -0.0216. The van der Waals surface area contributed by atoms with Crippen molar-refractivity contribution in [3.8, 4) is 17.2 Å². The van der Waals surface area contributed by atoms with Crippen molar-refractivity contribution in [2.75, 3.05) is 9.80 Å². The standard InChI is InChI=1S/C25H21N5OS/c1-16-10-19(14-27-13-16)18-4-6-20(7-5-18)30-24(32)29(23(31)25(30)8-3-9-25)21-11-17(2)22(12-26)28-15-21/h4-7,10-11,13-15H,3,8-9H2,1-2H3. The molecule has 1 saturated carbocycles. The summed E-state index contributed by atoms with van der Waals surface area (Å²) >= 11 is 5.83. The van der Waals surface area contributed by atoms with Crippen LogP contribution in [0.3, 0.4) is 0 Å². The summed E-state index contributed by atoms with van der Waals surface area (Å²) in [6.45, 7) is 3.84. The summed E-state index contributed by atoms with van der Waals surface area (Å²) in [6, 6.07) is 14.1. The first-order chi connectivity index (χ1) is 15.4. The Balaban J connectivity index is 1.52. The molecule has 3 heterocycles. The fourth-order valence-electron chi connectivity index (χ4n) is 4.52. The van der Waals surface area contributed by atoms with Gasteiger partial charge in [-0.15, -0.1) is 0 Å². The van der Waals surface area contributed by atoms with Crippen LogP contribution < -0.4 is 9.80 Å². The van der Waals surface area contributed by atoms with Gasteiger partial charge in [0.05, 0.1) is 11.9 Å². The minimum absolute atomic E-state index is 0.0216. The minimum Gasteiger partial charge on any atom is -0.303 e. The Hall–Kier alpha value is -3.63.